The maximum atomic E-state index is 12.6. The zero-order valence-corrected chi connectivity index (χ0v) is 15.8. The summed E-state index contributed by atoms with van der Waals surface area (Å²) in [6, 6.07) is 20.7. The van der Waals surface area contributed by atoms with Crippen molar-refractivity contribution >= 4 is 29.0 Å². The summed E-state index contributed by atoms with van der Waals surface area (Å²) in [5, 5.41) is 5.90. The largest absolute Gasteiger partial charge is 0.340 e. The van der Waals surface area contributed by atoms with Gasteiger partial charge in [0.1, 0.15) is 5.82 Å². The standard InChI is InChI=1S/C22H22N4O2/c1-16(27)24-19-9-6-10-20(13-19)25-21-12-11-18(14-23-21)22(28)26(2)15-17-7-4-3-5-8-17/h3-14H,15H2,1-2H3,(H,23,25)(H,24,27). The van der Waals surface area contributed by atoms with Crippen molar-refractivity contribution in [3.05, 3.63) is 84.1 Å². The number of carbonyl (C=O) groups is 2. The lowest BCUT2D eigenvalue weighted by atomic mass is 10.2. The molecule has 142 valence electrons. The molecule has 0 saturated heterocycles. The lowest BCUT2D eigenvalue weighted by molar-refractivity contribution is -0.114. The molecule has 28 heavy (non-hydrogen) atoms. The lowest BCUT2D eigenvalue weighted by Crippen LogP contribution is -2.26. The average Bonchev–Trinajstić information content (AvgIpc) is 2.68. The highest BCUT2D eigenvalue weighted by molar-refractivity contribution is 5.94. The summed E-state index contributed by atoms with van der Waals surface area (Å²) >= 11 is 0. The van der Waals surface area contributed by atoms with Crippen LogP contribution in [0.3, 0.4) is 0 Å². The predicted molar refractivity (Wildman–Crippen MR) is 111 cm³/mol. The van der Waals surface area contributed by atoms with Gasteiger partial charge in [-0.1, -0.05) is 36.4 Å². The third kappa shape index (κ3) is 5.17. The molecule has 3 rings (SSSR count). The minimum atomic E-state index is -0.127. The van der Waals surface area contributed by atoms with Gasteiger partial charge in [0.25, 0.3) is 5.91 Å². The van der Waals surface area contributed by atoms with Crippen molar-refractivity contribution in [1.82, 2.24) is 9.88 Å². The van der Waals surface area contributed by atoms with E-state index in [-0.39, 0.29) is 11.8 Å². The van der Waals surface area contributed by atoms with Crippen LogP contribution in [-0.4, -0.2) is 28.7 Å². The first-order valence-corrected chi connectivity index (χ1v) is 8.91. The maximum absolute atomic E-state index is 12.6. The summed E-state index contributed by atoms with van der Waals surface area (Å²) in [7, 11) is 1.77. The minimum Gasteiger partial charge on any atom is -0.340 e. The first-order valence-electron chi connectivity index (χ1n) is 8.91. The van der Waals surface area contributed by atoms with E-state index in [0.717, 1.165) is 11.3 Å². The van der Waals surface area contributed by atoms with Crippen molar-refractivity contribution in [1.29, 1.82) is 0 Å². The average molecular weight is 374 g/mol. The molecule has 0 aliphatic carbocycles. The van der Waals surface area contributed by atoms with Gasteiger partial charge in [-0.3, -0.25) is 9.59 Å². The van der Waals surface area contributed by atoms with Crippen LogP contribution in [0.15, 0.2) is 72.9 Å². The molecule has 2 aromatic carbocycles. The molecule has 0 aliphatic rings. The van der Waals surface area contributed by atoms with Gasteiger partial charge < -0.3 is 15.5 Å². The van der Waals surface area contributed by atoms with Crippen molar-refractivity contribution in [2.75, 3.05) is 17.7 Å². The molecule has 0 spiro atoms. The van der Waals surface area contributed by atoms with Gasteiger partial charge in [0.05, 0.1) is 5.56 Å². The van der Waals surface area contributed by atoms with Crippen LogP contribution >= 0.6 is 0 Å². The second-order valence-corrected chi connectivity index (χ2v) is 6.47. The van der Waals surface area contributed by atoms with Crippen molar-refractivity contribution in [3.8, 4) is 0 Å². The molecule has 0 aliphatic heterocycles. The van der Waals surface area contributed by atoms with Crippen molar-refractivity contribution in [3.63, 3.8) is 0 Å². The van der Waals surface area contributed by atoms with Gasteiger partial charge in [-0.25, -0.2) is 4.98 Å². The molecule has 1 heterocycles. The monoisotopic (exact) mass is 374 g/mol. The first kappa shape index (κ1) is 19.1. The van der Waals surface area contributed by atoms with E-state index < -0.39 is 0 Å². The molecule has 0 fully saturated rings. The number of amides is 2. The zero-order chi connectivity index (χ0) is 19.9. The fraction of sp³-hybridized carbons (Fsp3) is 0.136. The Labute approximate surface area is 164 Å². The van der Waals surface area contributed by atoms with Crippen LogP contribution in [0.5, 0.6) is 0 Å². The summed E-state index contributed by atoms with van der Waals surface area (Å²) in [5.74, 6) is 0.399. The Kier molecular flexibility index (Phi) is 6.01. The van der Waals surface area contributed by atoms with E-state index in [1.807, 2.05) is 54.6 Å². The van der Waals surface area contributed by atoms with Crippen LogP contribution in [0.4, 0.5) is 17.2 Å². The molecule has 6 heteroatoms. The Hall–Kier alpha value is -3.67. The number of rotatable bonds is 6. The number of benzene rings is 2. The van der Waals surface area contributed by atoms with E-state index in [4.69, 9.17) is 0 Å². The highest BCUT2D eigenvalue weighted by atomic mass is 16.2. The van der Waals surface area contributed by atoms with Crippen LogP contribution in [0.2, 0.25) is 0 Å². The van der Waals surface area contributed by atoms with E-state index in [0.29, 0.717) is 23.6 Å². The summed E-state index contributed by atoms with van der Waals surface area (Å²) in [5.41, 5.74) is 3.09. The maximum Gasteiger partial charge on any atom is 0.255 e. The van der Waals surface area contributed by atoms with E-state index in [1.54, 1.807) is 30.3 Å². The summed E-state index contributed by atoms with van der Waals surface area (Å²) in [6.07, 6.45) is 1.56. The highest BCUT2D eigenvalue weighted by Crippen LogP contribution is 2.19. The number of anilines is 3. The smallest absolute Gasteiger partial charge is 0.255 e. The molecule has 0 bridgehead atoms. The molecule has 0 atom stereocenters. The third-order valence-corrected chi connectivity index (χ3v) is 4.08. The van der Waals surface area contributed by atoms with Gasteiger partial charge in [0, 0.05) is 38.1 Å². The van der Waals surface area contributed by atoms with Gasteiger partial charge in [-0.2, -0.15) is 0 Å². The molecule has 0 saturated carbocycles. The summed E-state index contributed by atoms with van der Waals surface area (Å²) in [4.78, 5) is 29.8. The van der Waals surface area contributed by atoms with Gasteiger partial charge >= 0.3 is 0 Å². The molecular weight excluding hydrogens is 352 g/mol. The SMILES string of the molecule is CC(=O)Nc1cccc(Nc2ccc(C(=O)N(C)Cc3ccccc3)cn2)c1. The molecule has 2 N–H and O–H groups in total. The Morgan fingerprint density at radius 1 is 0.964 bits per heavy atom. The topological polar surface area (TPSA) is 74.3 Å². The predicted octanol–water partition coefficient (Wildman–Crippen LogP) is 4.06. The molecule has 1 aromatic heterocycles. The molecule has 6 nitrogen and oxygen atoms in total. The number of hydrogen-bond acceptors (Lipinski definition) is 4. The van der Waals surface area contributed by atoms with Crippen LogP contribution in [0.1, 0.15) is 22.8 Å². The highest BCUT2D eigenvalue weighted by Gasteiger charge is 2.12. The number of nitrogens with one attached hydrogen (secondary N) is 2. The van der Waals surface area contributed by atoms with Crippen molar-refractivity contribution < 1.29 is 9.59 Å². The van der Waals surface area contributed by atoms with E-state index in [2.05, 4.69) is 15.6 Å². The van der Waals surface area contributed by atoms with Crippen molar-refractivity contribution in [2.24, 2.45) is 0 Å². The van der Waals surface area contributed by atoms with E-state index >= 15 is 0 Å². The third-order valence-electron chi connectivity index (χ3n) is 4.08. The number of hydrogen-bond donors (Lipinski definition) is 2. The normalized spacial score (nSPS) is 10.2. The van der Waals surface area contributed by atoms with Crippen molar-refractivity contribution in [2.45, 2.75) is 13.5 Å². The van der Waals surface area contributed by atoms with Crippen LogP contribution in [0.25, 0.3) is 0 Å². The molecular formula is C22H22N4O2. The number of carbonyl (C=O) groups excluding carboxylic acids is 2. The molecule has 0 radical (unpaired) electrons. The molecule has 0 unspecified atom stereocenters. The van der Waals surface area contributed by atoms with Gasteiger partial charge in [-0.05, 0) is 35.9 Å². The Morgan fingerprint density at radius 3 is 2.39 bits per heavy atom. The second kappa shape index (κ2) is 8.81. The summed E-state index contributed by atoms with van der Waals surface area (Å²) in [6.45, 7) is 2.00. The van der Waals surface area contributed by atoms with Gasteiger partial charge in [0.2, 0.25) is 5.91 Å². The zero-order valence-electron chi connectivity index (χ0n) is 15.8. The molecule has 3 aromatic rings. The van der Waals surface area contributed by atoms with E-state index in [1.165, 1.54) is 6.92 Å². The summed E-state index contributed by atoms with van der Waals surface area (Å²) < 4.78 is 0. The Morgan fingerprint density at radius 2 is 1.71 bits per heavy atom. The second-order valence-electron chi connectivity index (χ2n) is 6.47. The van der Waals surface area contributed by atoms with Crippen LogP contribution < -0.4 is 10.6 Å². The Bertz CT molecular complexity index is 956. The quantitative estimate of drug-likeness (QED) is 0.682. The Balaban J connectivity index is 1.64. The van der Waals surface area contributed by atoms with Crippen LogP contribution in [-0.2, 0) is 11.3 Å². The fourth-order valence-corrected chi connectivity index (χ4v) is 2.77. The lowest BCUT2D eigenvalue weighted by Gasteiger charge is -2.17. The first-order chi connectivity index (χ1) is 13.5. The number of aromatic nitrogens is 1. The van der Waals surface area contributed by atoms with E-state index in [9.17, 15) is 9.59 Å². The number of nitrogens with zero attached hydrogens (tertiary/aromatic N) is 2. The van der Waals surface area contributed by atoms with Gasteiger partial charge in [0.15, 0.2) is 0 Å². The number of pyridine rings is 1. The molecule has 2 amide bonds. The minimum absolute atomic E-state index is 0.0874. The van der Waals surface area contributed by atoms with Gasteiger partial charge in [-0.15, -0.1) is 0 Å². The van der Waals surface area contributed by atoms with Crippen LogP contribution in [0, 0.1) is 0 Å². The fourth-order valence-electron chi connectivity index (χ4n) is 2.77.